The second-order valence-corrected chi connectivity index (χ2v) is 13.0. The van der Waals surface area contributed by atoms with Crippen LogP contribution >= 0.6 is 38.9 Å². The Hall–Kier alpha value is -1.25. The number of halogens is 3. The highest BCUT2D eigenvalue weighted by atomic mass is 36.0. The van der Waals surface area contributed by atoms with Gasteiger partial charge in [0, 0.05) is 18.0 Å². The van der Waals surface area contributed by atoms with Crippen molar-refractivity contribution >= 4 is 49.7 Å². The SMILES string of the molecule is CCCCc1ccc(Cc2nccc3cc(OC)ccc23)cc1.O=P(Cl)(Cl)Cl. The lowest BCUT2D eigenvalue weighted by Crippen LogP contribution is -1.95. The third kappa shape index (κ3) is 8.01. The number of pyridine rings is 1. The van der Waals surface area contributed by atoms with Gasteiger partial charge in [0.1, 0.15) is 5.75 Å². The Morgan fingerprint density at radius 3 is 2.25 bits per heavy atom. The molecule has 0 N–H and O–H groups in total. The lowest BCUT2D eigenvalue weighted by Gasteiger charge is -2.08. The summed E-state index contributed by atoms with van der Waals surface area (Å²) in [7, 11) is 1.70. The molecule has 7 heteroatoms. The maximum atomic E-state index is 9.51. The summed E-state index contributed by atoms with van der Waals surface area (Å²) < 4.78 is 14.8. The van der Waals surface area contributed by atoms with Gasteiger partial charge in [-0.3, -0.25) is 9.55 Å². The van der Waals surface area contributed by atoms with E-state index < -0.39 is 5.20 Å². The fraction of sp³-hybridized carbons (Fsp3) is 0.286. The van der Waals surface area contributed by atoms with Crippen LogP contribution in [0.2, 0.25) is 0 Å². The van der Waals surface area contributed by atoms with Gasteiger partial charge >= 0.3 is 5.20 Å². The van der Waals surface area contributed by atoms with E-state index in [9.17, 15) is 4.57 Å². The zero-order valence-corrected chi connectivity index (χ0v) is 19.0. The van der Waals surface area contributed by atoms with Crippen LogP contribution in [0.15, 0.2) is 54.7 Å². The maximum absolute atomic E-state index is 9.51. The van der Waals surface area contributed by atoms with E-state index in [1.54, 1.807) is 7.11 Å². The van der Waals surface area contributed by atoms with E-state index in [1.165, 1.54) is 41.2 Å². The first-order valence-corrected chi connectivity index (χ1v) is 13.4. The lowest BCUT2D eigenvalue weighted by molar-refractivity contribution is 0.415. The number of nitrogens with zero attached hydrogens (tertiary/aromatic N) is 1. The van der Waals surface area contributed by atoms with Gasteiger partial charge in [-0.25, -0.2) is 0 Å². The molecule has 1 heterocycles. The van der Waals surface area contributed by atoms with Crippen molar-refractivity contribution < 1.29 is 9.30 Å². The number of rotatable bonds is 6. The van der Waals surface area contributed by atoms with Crippen molar-refractivity contribution in [3.63, 3.8) is 0 Å². The number of aryl methyl sites for hydroxylation is 1. The van der Waals surface area contributed by atoms with Crippen molar-refractivity contribution in [1.82, 2.24) is 4.98 Å². The van der Waals surface area contributed by atoms with Crippen molar-refractivity contribution in [2.24, 2.45) is 0 Å². The van der Waals surface area contributed by atoms with E-state index >= 15 is 0 Å². The number of hydrogen-bond acceptors (Lipinski definition) is 3. The molecule has 3 nitrogen and oxygen atoms in total. The average molecular weight is 459 g/mol. The topological polar surface area (TPSA) is 39.2 Å². The van der Waals surface area contributed by atoms with E-state index in [2.05, 4.69) is 82.0 Å². The van der Waals surface area contributed by atoms with Gasteiger partial charge < -0.3 is 4.74 Å². The molecule has 0 aliphatic carbocycles. The first-order chi connectivity index (χ1) is 13.3. The summed E-state index contributed by atoms with van der Waals surface area (Å²) in [6.45, 7) is 2.23. The molecule has 0 amide bonds. The van der Waals surface area contributed by atoms with Gasteiger partial charge in [-0.05, 0) is 87.3 Å². The minimum Gasteiger partial charge on any atom is -0.497 e. The van der Waals surface area contributed by atoms with Crippen LogP contribution in [0.1, 0.15) is 36.6 Å². The number of hydrogen-bond donors (Lipinski definition) is 0. The Kier molecular flexibility index (Phi) is 9.11. The van der Waals surface area contributed by atoms with Gasteiger partial charge in [-0.1, -0.05) is 37.6 Å². The van der Waals surface area contributed by atoms with Crippen molar-refractivity contribution in [2.45, 2.75) is 32.6 Å². The minimum atomic E-state index is -3.22. The molecule has 28 heavy (non-hydrogen) atoms. The van der Waals surface area contributed by atoms with Crippen LogP contribution in [-0.4, -0.2) is 12.1 Å². The standard InChI is InChI=1S/C21H23NO.Cl3OP/c1-3-4-5-16-6-8-17(9-7-16)14-21-20-11-10-19(23-2)15-18(20)12-13-22-21;1-5(2,3)4/h6-13,15H,3-5,14H2,1-2H3;. The van der Waals surface area contributed by atoms with Crippen LogP contribution in [0, 0.1) is 0 Å². The third-order valence-electron chi connectivity index (χ3n) is 4.27. The summed E-state index contributed by atoms with van der Waals surface area (Å²) >= 11 is 13.8. The summed E-state index contributed by atoms with van der Waals surface area (Å²) in [4.78, 5) is 4.59. The highest BCUT2D eigenvalue weighted by molar-refractivity contribution is 8.24. The smallest absolute Gasteiger partial charge is 0.339 e. The molecule has 0 atom stereocenters. The van der Waals surface area contributed by atoms with Crippen LogP contribution in [0.5, 0.6) is 5.75 Å². The number of aromatic nitrogens is 1. The first-order valence-electron chi connectivity index (χ1n) is 8.98. The Morgan fingerprint density at radius 2 is 1.64 bits per heavy atom. The van der Waals surface area contributed by atoms with Crippen LogP contribution in [-0.2, 0) is 17.4 Å². The van der Waals surface area contributed by atoms with Gasteiger partial charge in [-0.2, -0.15) is 0 Å². The second-order valence-electron chi connectivity index (χ2n) is 6.34. The third-order valence-corrected chi connectivity index (χ3v) is 4.27. The highest BCUT2D eigenvalue weighted by Crippen LogP contribution is 2.61. The van der Waals surface area contributed by atoms with Gasteiger partial charge in [-0.15, -0.1) is 0 Å². The number of ether oxygens (including phenoxy) is 1. The van der Waals surface area contributed by atoms with E-state index in [1.807, 2.05) is 18.3 Å². The Bertz CT molecular complexity index is 934. The number of benzene rings is 2. The second kappa shape index (κ2) is 11.1. The van der Waals surface area contributed by atoms with Crippen LogP contribution in [0.4, 0.5) is 0 Å². The van der Waals surface area contributed by atoms with Crippen molar-refractivity contribution in [2.75, 3.05) is 7.11 Å². The molecule has 0 saturated heterocycles. The van der Waals surface area contributed by atoms with Crippen LogP contribution < -0.4 is 4.74 Å². The molecular formula is C21H23Cl3NO2P. The fourth-order valence-electron chi connectivity index (χ4n) is 2.88. The Labute approximate surface area is 180 Å². The quantitative estimate of drug-likeness (QED) is 0.351. The summed E-state index contributed by atoms with van der Waals surface area (Å²) in [5.74, 6) is 0.884. The van der Waals surface area contributed by atoms with Crippen molar-refractivity contribution in [1.29, 1.82) is 0 Å². The Morgan fingerprint density at radius 1 is 1.00 bits per heavy atom. The highest BCUT2D eigenvalue weighted by Gasteiger charge is 2.05. The average Bonchev–Trinajstić information content (AvgIpc) is 2.66. The predicted octanol–water partition coefficient (Wildman–Crippen LogP) is 7.99. The monoisotopic (exact) mass is 457 g/mol. The van der Waals surface area contributed by atoms with Crippen LogP contribution in [0.3, 0.4) is 0 Å². The maximum Gasteiger partial charge on any atom is 0.339 e. The van der Waals surface area contributed by atoms with E-state index in [-0.39, 0.29) is 0 Å². The van der Waals surface area contributed by atoms with Gasteiger partial charge in [0.2, 0.25) is 0 Å². The fourth-order valence-corrected chi connectivity index (χ4v) is 2.88. The van der Waals surface area contributed by atoms with Crippen molar-refractivity contribution in [3.8, 4) is 5.75 Å². The molecule has 0 spiro atoms. The van der Waals surface area contributed by atoms with Crippen LogP contribution in [0.25, 0.3) is 10.8 Å². The van der Waals surface area contributed by atoms with Gasteiger partial charge in [0.05, 0.1) is 12.8 Å². The molecule has 3 rings (SSSR count). The Balaban J connectivity index is 0.000000500. The van der Waals surface area contributed by atoms with Gasteiger partial charge in [0.15, 0.2) is 0 Å². The molecular weight excluding hydrogens is 436 g/mol. The van der Waals surface area contributed by atoms with E-state index in [0.29, 0.717) is 0 Å². The van der Waals surface area contributed by atoms with Gasteiger partial charge in [0.25, 0.3) is 0 Å². The number of fused-ring (bicyclic) bond motifs is 1. The summed E-state index contributed by atoms with van der Waals surface area (Å²) in [6.07, 6.45) is 6.41. The summed E-state index contributed by atoms with van der Waals surface area (Å²) in [5, 5.41) is -0.850. The molecule has 0 fully saturated rings. The number of unbranched alkanes of at least 4 members (excludes halogenated alkanes) is 1. The molecule has 1 aromatic heterocycles. The molecule has 0 radical (unpaired) electrons. The molecule has 2 aromatic carbocycles. The van der Waals surface area contributed by atoms with Crippen molar-refractivity contribution in [3.05, 3.63) is 71.5 Å². The van der Waals surface area contributed by atoms with E-state index in [0.717, 1.165) is 17.9 Å². The molecule has 0 aliphatic heterocycles. The zero-order valence-electron chi connectivity index (χ0n) is 15.9. The molecule has 150 valence electrons. The minimum absolute atomic E-state index is 0.859. The predicted molar refractivity (Wildman–Crippen MR) is 121 cm³/mol. The molecule has 0 aliphatic rings. The summed E-state index contributed by atoms with van der Waals surface area (Å²) in [6, 6.07) is 17.2. The molecule has 0 bridgehead atoms. The summed E-state index contributed by atoms with van der Waals surface area (Å²) in [5.41, 5.74) is 3.85. The largest absolute Gasteiger partial charge is 0.497 e. The molecule has 3 aromatic rings. The number of methoxy groups -OCH3 is 1. The zero-order chi connectivity index (χ0) is 20.6. The van der Waals surface area contributed by atoms with E-state index in [4.69, 9.17) is 4.74 Å². The first kappa shape index (κ1) is 23.0. The molecule has 0 unspecified atom stereocenters. The lowest BCUT2D eigenvalue weighted by atomic mass is 10.0. The normalized spacial score (nSPS) is 11.0. The molecule has 0 saturated carbocycles.